The predicted octanol–water partition coefficient (Wildman–Crippen LogP) is 3.36. The summed E-state index contributed by atoms with van der Waals surface area (Å²) in [7, 11) is 0. The van der Waals surface area contributed by atoms with Gasteiger partial charge in [0.2, 0.25) is 11.2 Å². The summed E-state index contributed by atoms with van der Waals surface area (Å²) < 4.78 is 5.07. The van der Waals surface area contributed by atoms with Crippen LogP contribution < -0.4 is 11.1 Å². The van der Waals surface area contributed by atoms with Gasteiger partial charge in [-0.15, -0.1) is 11.3 Å². The van der Waals surface area contributed by atoms with Crippen molar-refractivity contribution in [2.45, 2.75) is 6.92 Å². The van der Waals surface area contributed by atoms with Crippen molar-refractivity contribution in [3.63, 3.8) is 0 Å². The van der Waals surface area contributed by atoms with Crippen LogP contribution in [0.25, 0.3) is 10.2 Å². The van der Waals surface area contributed by atoms with E-state index in [9.17, 15) is 9.59 Å². The van der Waals surface area contributed by atoms with Crippen molar-refractivity contribution in [2.75, 3.05) is 11.9 Å². The first-order chi connectivity index (χ1) is 12.0. The number of halogens is 1. The summed E-state index contributed by atoms with van der Waals surface area (Å²) in [6, 6.07) is 6.53. The molecule has 1 aromatic carbocycles. The Bertz CT molecular complexity index is 956. The molecule has 0 aliphatic carbocycles. The smallest absolute Gasteiger partial charge is 0.339 e. The third kappa shape index (κ3) is 3.54. The van der Waals surface area contributed by atoms with Gasteiger partial charge in [-0.25, -0.2) is 9.78 Å². The molecule has 2 heterocycles. The SMILES string of the molecule is CCOC(=O)c1csc2nc(Cl)nc(Nc3ccc(C(N)=O)cc3)c12. The number of anilines is 2. The average molecular weight is 377 g/mol. The number of nitrogens with one attached hydrogen (secondary N) is 1. The van der Waals surface area contributed by atoms with Crippen LogP contribution >= 0.6 is 22.9 Å². The van der Waals surface area contributed by atoms with E-state index in [1.165, 1.54) is 11.3 Å². The number of esters is 1. The number of ether oxygens (including phenoxy) is 1. The van der Waals surface area contributed by atoms with Gasteiger partial charge in [-0.05, 0) is 42.8 Å². The Labute approximate surface area is 151 Å². The number of nitrogens with zero attached hydrogens (tertiary/aromatic N) is 2. The highest BCUT2D eigenvalue weighted by Gasteiger charge is 2.19. The molecule has 0 atom stereocenters. The number of aromatic nitrogens is 2. The summed E-state index contributed by atoms with van der Waals surface area (Å²) in [6.07, 6.45) is 0. The number of hydrogen-bond donors (Lipinski definition) is 2. The van der Waals surface area contributed by atoms with Crippen LogP contribution in [0.5, 0.6) is 0 Å². The molecule has 1 amide bonds. The van der Waals surface area contributed by atoms with Gasteiger partial charge in [0, 0.05) is 16.6 Å². The second-order valence-electron chi connectivity index (χ2n) is 4.96. The largest absolute Gasteiger partial charge is 0.462 e. The minimum Gasteiger partial charge on any atom is -0.462 e. The molecular weight excluding hydrogens is 364 g/mol. The molecule has 2 aromatic heterocycles. The minimum absolute atomic E-state index is 0.0565. The summed E-state index contributed by atoms with van der Waals surface area (Å²) >= 11 is 7.25. The van der Waals surface area contributed by atoms with Gasteiger partial charge in [0.05, 0.1) is 17.6 Å². The highest BCUT2D eigenvalue weighted by molar-refractivity contribution is 7.17. The number of rotatable bonds is 5. The first-order valence-electron chi connectivity index (χ1n) is 7.28. The maximum atomic E-state index is 12.1. The third-order valence-electron chi connectivity index (χ3n) is 3.33. The van der Waals surface area contributed by atoms with E-state index in [4.69, 9.17) is 22.1 Å². The Hall–Kier alpha value is -2.71. The summed E-state index contributed by atoms with van der Waals surface area (Å²) in [5.41, 5.74) is 6.64. The lowest BCUT2D eigenvalue weighted by Gasteiger charge is -2.09. The van der Waals surface area contributed by atoms with Crippen LogP contribution in [0.4, 0.5) is 11.5 Å². The van der Waals surface area contributed by atoms with E-state index in [-0.39, 0.29) is 11.9 Å². The lowest BCUT2D eigenvalue weighted by molar-refractivity contribution is 0.0529. The van der Waals surface area contributed by atoms with Gasteiger partial charge < -0.3 is 15.8 Å². The predicted molar refractivity (Wildman–Crippen MR) is 96.6 cm³/mol. The van der Waals surface area contributed by atoms with E-state index in [0.717, 1.165) is 0 Å². The summed E-state index contributed by atoms with van der Waals surface area (Å²) in [6.45, 7) is 2.00. The maximum absolute atomic E-state index is 12.1. The lowest BCUT2D eigenvalue weighted by Crippen LogP contribution is -2.10. The molecule has 0 saturated heterocycles. The molecule has 128 valence electrons. The van der Waals surface area contributed by atoms with Crippen LogP contribution in [0.15, 0.2) is 29.6 Å². The number of amides is 1. The molecule has 3 rings (SSSR count). The van der Waals surface area contributed by atoms with Gasteiger partial charge in [-0.2, -0.15) is 4.98 Å². The van der Waals surface area contributed by atoms with E-state index in [2.05, 4.69) is 15.3 Å². The van der Waals surface area contributed by atoms with Crippen LogP contribution in [-0.4, -0.2) is 28.5 Å². The Balaban J connectivity index is 2.03. The summed E-state index contributed by atoms with van der Waals surface area (Å²) in [5, 5.41) is 5.34. The number of fused-ring (bicyclic) bond motifs is 1. The zero-order valence-electron chi connectivity index (χ0n) is 13.1. The van der Waals surface area contributed by atoms with Gasteiger partial charge in [0.25, 0.3) is 0 Å². The molecule has 0 spiro atoms. The highest BCUT2D eigenvalue weighted by atomic mass is 35.5. The summed E-state index contributed by atoms with van der Waals surface area (Å²) in [5.74, 6) is -0.584. The van der Waals surface area contributed by atoms with Crippen molar-refractivity contribution < 1.29 is 14.3 Å². The van der Waals surface area contributed by atoms with Crippen molar-refractivity contribution >= 4 is 56.5 Å². The van der Waals surface area contributed by atoms with E-state index < -0.39 is 11.9 Å². The minimum atomic E-state index is -0.513. The molecule has 3 aromatic rings. The Morgan fingerprint density at radius 2 is 2.00 bits per heavy atom. The maximum Gasteiger partial charge on any atom is 0.339 e. The second kappa shape index (κ2) is 7.04. The van der Waals surface area contributed by atoms with Gasteiger partial charge in [0.15, 0.2) is 0 Å². The normalized spacial score (nSPS) is 10.6. The number of primary amides is 1. The molecule has 0 fully saturated rings. The second-order valence-corrected chi connectivity index (χ2v) is 6.15. The van der Waals surface area contributed by atoms with Gasteiger partial charge in [0.1, 0.15) is 10.6 Å². The Morgan fingerprint density at radius 3 is 2.64 bits per heavy atom. The van der Waals surface area contributed by atoms with Crippen molar-refractivity contribution in [1.29, 1.82) is 0 Å². The molecular formula is C16H13ClN4O3S. The monoisotopic (exact) mass is 376 g/mol. The molecule has 0 aliphatic heterocycles. The molecule has 9 heteroatoms. The molecule has 0 aliphatic rings. The topological polar surface area (TPSA) is 107 Å². The first-order valence-corrected chi connectivity index (χ1v) is 8.54. The molecule has 0 bridgehead atoms. The quantitative estimate of drug-likeness (QED) is 0.522. The number of nitrogens with two attached hydrogens (primary N) is 1. The number of thiophene rings is 1. The van der Waals surface area contributed by atoms with E-state index >= 15 is 0 Å². The van der Waals surface area contributed by atoms with Gasteiger partial charge in [-0.1, -0.05) is 0 Å². The van der Waals surface area contributed by atoms with Gasteiger partial charge in [-0.3, -0.25) is 4.79 Å². The zero-order valence-corrected chi connectivity index (χ0v) is 14.6. The summed E-state index contributed by atoms with van der Waals surface area (Å²) in [4.78, 5) is 32.2. The van der Waals surface area contributed by atoms with Crippen LogP contribution in [0.1, 0.15) is 27.6 Å². The number of carbonyl (C=O) groups is 2. The molecule has 0 radical (unpaired) electrons. The van der Waals surface area contributed by atoms with Crippen LogP contribution in [0, 0.1) is 0 Å². The third-order valence-corrected chi connectivity index (χ3v) is 4.38. The van der Waals surface area contributed by atoms with Crippen molar-refractivity contribution in [1.82, 2.24) is 9.97 Å². The molecule has 7 nitrogen and oxygen atoms in total. The van der Waals surface area contributed by atoms with E-state index in [1.807, 2.05) is 0 Å². The van der Waals surface area contributed by atoms with Crippen molar-refractivity contribution in [2.24, 2.45) is 5.73 Å². The zero-order chi connectivity index (χ0) is 18.0. The number of hydrogen-bond acceptors (Lipinski definition) is 7. The Morgan fingerprint density at radius 1 is 1.28 bits per heavy atom. The van der Waals surface area contributed by atoms with Crippen LogP contribution in [-0.2, 0) is 4.74 Å². The average Bonchev–Trinajstić information content (AvgIpc) is 2.99. The van der Waals surface area contributed by atoms with Crippen LogP contribution in [0.2, 0.25) is 5.28 Å². The van der Waals surface area contributed by atoms with Crippen LogP contribution in [0.3, 0.4) is 0 Å². The Kier molecular flexibility index (Phi) is 4.82. The molecule has 25 heavy (non-hydrogen) atoms. The molecule has 3 N–H and O–H groups in total. The number of carbonyl (C=O) groups excluding carboxylic acids is 2. The standard InChI is InChI=1S/C16H13ClN4O3S/c1-2-24-15(23)10-7-25-14-11(10)13(20-16(17)21-14)19-9-5-3-8(4-6-9)12(18)22/h3-7H,2H2,1H3,(H2,18,22)(H,19,20,21). The molecule has 0 saturated carbocycles. The highest BCUT2D eigenvalue weighted by Crippen LogP contribution is 2.33. The fourth-order valence-corrected chi connectivity index (χ4v) is 3.35. The van der Waals surface area contributed by atoms with Crippen molar-refractivity contribution in [3.05, 3.63) is 46.1 Å². The molecule has 0 unspecified atom stereocenters. The van der Waals surface area contributed by atoms with E-state index in [0.29, 0.717) is 32.8 Å². The first kappa shape index (κ1) is 17.1. The lowest BCUT2D eigenvalue weighted by atomic mass is 10.2. The fourth-order valence-electron chi connectivity index (χ4n) is 2.22. The van der Waals surface area contributed by atoms with Gasteiger partial charge >= 0.3 is 5.97 Å². The van der Waals surface area contributed by atoms with Crippen molar-refractivity contribution in [3.8, 4) is 0 Å². The fraction of sp³-hybridized carbons (Fsp3) is 0.125. The van der Waals surface area contributed by atoms with E-state index in [1.54, 1.807) is 36.6 Å². The number of benzene rings is 1.